The van der Waals surface area contributed by atoms with E-state index >= 15 is 0 Å². The second kappa shape index (κ2) is 4.12. The zero-order chi connectivity index (χ0) is 11.0. The lowest BCUT2D eigenvalue weighted by Crippen LogP contribution is -2.39. The van der Waals surface area contributed by atoms with Crippen molar-refractivity contribution in [3.63, 3.8) is 0 Å². The smallest absolute Gasteiger partial charge is 0.0398 e. The normalized spacial score (nSPS) is 29.2. The second-order valence-electron chi connectivity index (χ2n) is 5.39. The molecule has 1 nitrogen and oxygen atoms in total. The van der Waals surface area contributed by atoms with Gasteiger partial charge in [0, 0.05) is 18.8 Å². The first-order valence-electron chi connectivity index (χ1n) is 6.67. The first-order valence-corrected chi connectivity index (χ1v) is 6.67. The van der Waals surface area contributed by atoms with Gasteiger partial charge in [-0.05, 0) is 43.2 Å². The van der Waals surface area contributed by atoms with Crippen LogP contribution < -0.4 is 4.90 Å². The molecule has 1 heteroatoms. The Labute approximate surface area is 98.5 Å². The quantitative estimate of drug-likeness (QED) is 0.639. The minimum Gasteiger partial charge on any atom is -0.371 e. The molecule has 2 atom stereocenters. The highest BCUT2D eigenvalue weighted by molar-refractivity contribution is 5.55. The van der Waals surface area contributed by atoms with E-state index in [-0.39, 0.29) is 0 Å². The summed E-state index contributed by atoms with van der Waals surface area (Å²) in [4.78, 5) is 2.56. The topological polar surface area (TPSA) is 3.24 Å². The van der Waals surface area contributed by atoms with Gasteiger partial charge in [0.05, 0.1) is 0 Å². The lowest BCUT2D eigenvalue weighted by molar-refractivity contribution is 0.290. The van der Waals surface area contributed by atoms with Crippen LogP contribution in [-0.4, -0.2) is 13.1 Å². The molecule has 1 heterocycles. The SMILES string of the molecule is CN1c2ccccc2CCC2CCCCC21. The van der Waals surface area contributed by atoms with E-state index in [1.165, 1.54) is 44.2 Å². The molecule has 1 aromatic rings. The van der Waals surface area contributed by atoms with E-state index in [9.17, 15) is 0 Å². The first kappa shape index (κ1) is 10.2. The number of fused-ring (bicyclic) bond motifs is 2. The number of hydrogen-bond acceptors (Lipinski definition) is 1. The van der Waals surface area contributed by atoms with Crippen LogP contribution in [-0.2, 0) is 6.42 Å². The number of anilines is 1. The van der Waals surface area contributed by atoms with Crippen LogP contribution in [0.25, 0.3) is 0 Å². The van der Waals surface area contributed by atoms with Gasteiger partial charge in [0.1, 0.15) is 0 Å². The third kappa shape index (κ3) is 1.63. The number of para-hydroxylation sites is 1. The van der Waals surface area contributed by atoms with Gasteiger partial charge in [0.2, 0.25) is 0 Å². The van der Waals surface area contributed by atoms with Crippen molar-refractivity contribution in [2.45, 2.75) is 44.6 Å². The Morgan fingerprint density at radius 2 is 1.88 bits per heavy atom. The molecular weight excluding hydrogens is 194 g/mol. The Hall–Kier alpha value is -0.980. The third-order valence-electron chi connectivity index (χ3n) is 4.52. The van der Waals surface area contributed by atoms with Crippen molar-refractivity contribution in [1.82, 2.24) is 0 Å². The maximum atomic E-state index is 2.56. The largest absolute Gasteiger partial charge is 0.371 e. The number of hydrogen-bond donors (Lipinski definition) is 0. The Morgan fingerprint density at radius 3 is 2.81 bits per heavy atom. The molecule has 2 aliphatic rings. The van der Waals surface area contributed by atoms with E-state index in [1.54, 1.807) is 5.56 Å². The molecule has 0 saturated heterocycles. The lowest BCUT2D eigenvalue weighted by Gasteiger charge is -2.37. The summed E-state index contributed by atoms with van der Waals surface area (Å²) < 4.78 is 0. The van der Waals surface area contributed by atoms with Crippen LogP contribution in [0.15, 0.2) is 24.3 Å². The summed E-state index contributed by atoms with van der Waals surface area (Å²) >= 11 is 0. The maximum Gasteiger partial charge on any atom is 0.0398 e. The number of nitrogens with zero attached hydrogens (tertiary/aromatic N) is 1. The van der Waals surface area contributed by atoms with E-state index in [2.05, 4.69) is 36.2 Å². The second-order valence-corrected chi connectivity index (χ2v) is 5.39. The van der Waals surface area contributed by atoms with Crippen LogP contribution in [0.4, 0.5) is 5.69 Å². The van der Waals surface area contributed by atoms with E-state index in [0.717, 1.165) is 12.0 Å². The van der Waals surface area contributed by atoms with Crippen LogP contribution >= 0.6 is 0 Å². The van der Waals surface area contributed by atoms with E-state index in [4.69, 9.17) is 0 Å². The van der Waals surface area contributed by atoms with Crippen molar-refractivity contribution in [2.75, 3.05) is 11.9 Å². The molecule has 0 spiro atoms. The summed E-state index contributed by atoms with van der Waals surface area (Å²) in [6, 6.07) is 9.77. The number of rotatable bonds is 0. The van der Waals surface area contributed by atoms with Gasteiger partial charge in [-0.25, -0.2) is 0 Å². The summed E-state index contributed by atoms with van der Waals surface area (Å²) in [6.07, 6.45) is 8.39. The third-order valence-corrected chi connectivity index (χ3v) is 4.52. The van der Waals surface area contributed by atoms with Gasteiger partial charge in [-0.2, -0.15) is 0 Å². The molecular formula is C15H21N. The molecule has 0 aromatic heterocycles. The number of benzene rings is 1. The molecule has 3 rings (SSSR count). The van der Waals surface area contributed by atoms with Gasteiger partial charge in [-0.3, -0.25) is 0 Å². The molecule has 1 fully saturated rings. The van der Waals surface area contributed by atoms with Crippen LogP contribution in [0.2, 0.25) is 0 Å². The molecule has 0 radical (unpaired) electrons. The predicted molar refractivity (Wildman–Crippen MR) is 68.9 cm³/mol. The molecule has 16 heavy (non-hydrogen) atoms. The molecule has 1 aromatic carbocycles. The predicted octanol–water partition coefficient (Wildman–Crippen LogP) is 3.63. The molecule has 2 unspecified atom stereocenters. The summed E-state index contributed by atoms with van der Waals surface area (Å²) in [6.45, 7) is 0. The first-order chi connectivity index (χ1) is 7.86. The summed E-state index contributed by atoms with van der Waals surface area (Å²) in [7, 11) is 2.30. The minimum absolute atomic E-state index is 0.803. The van der Waals surface area contributed by atoms with Crippen molar-refractivity contribution in [2.24, 2.45) is 5.92 Å². The van der Waals surface area contributed by atoms with E-state index in [1.807, 2.05) is 0 Å². The highest BCUT2D eigenvalue weighted by Crippen LogP contribution is 2.38. The van der Waals surface area contributed by atoms with E-state index < -0.39 is 0 Å². The Balaban J connectivity index is 1.96. The lowest BCUT2D eigenvalue weighted by atomic mass is 9.81. The monoisotopic (exact) mass is 215 g/mol. The van der Waals surface area contributed by atoms with Gasteiger partial charge < -0.3 is 4.90 Å². The maximum absolute atomic E-state index is 2.56. The minimum atomic E-state index is 0.803. The fourth-order valence-corrected chi connectivity index (χ4v) is 3.62. The van der Waals surface area contributed by atoms with Crippen LogP contribution in [0.1, 0.15) is 37.7 Å². The van der Waals surface area contributed by atoms with Crippen LogP contribution in [0.3, 0.4) is 0 Å². The van der Waals surface area contributed by atoms with E-state index in [0.29, 0.717) is 0 Å². The molecule has 1 aliphatic carbocycles. The summed E-state index contributed by atoms with van der Waals surface area (Å²) in [5.41, 5.74) is 3.04. The van der Waals surface area contributed by atoms with Crippen molar-refractivity contribution in [1.29, 1.82) is 0 Å². The Kier molecular flexibility index (Phi) is 2.62. The highest BCUT2D eigenvalue weighted by atomic mass is 15.1. The van der Waals surface area contributed by atoms with Crippen molar-refractivity contribution in [3.05, 3.63) is 29.8 Å². The Bertz CT molecular complexity index is 371. The molecule has 1 saturated carbocycles. The average Bonchev–Trinajstić information content (AvgIpc) is 2.49. The zero-order valence-electron chi connectivity index (χ0n) is 10.2. The standard InChI is InChI=1S/C15H21N/c1-16-14-8-4-2-6-12(14)10-11-13-7-3-5-9-15(13)16/h2,4,6,8,13,15H,3,5,7,9-11H2,1H3. The van der Waals surface area contributed by atoms with Gasteiger partial charge in [0.25, 0.3) is 0 Å². The highest BCUT2D eigenvalue weighted by Gasteiger charge is 2.31. The van der Waals surface area contributed by atoms with Crippen LogP contribution in [0.5, 0.6) is 0 Å². The summed E-state index contributed by atoms with van der Waals surface area (Å²) in [5, 5.41) is 0. The number of aryl methyl sites for hydroxylation is 1. The fraction of sp³-hybridized carbons (Fsp3) is 0.600. The molecule has 0 bridgehead atoms. The van der Waals surface area contributed by atoms with Crippen molar-refractivity contribution >= 4 is 5.69 Å². The fourth-order valence-electron chi connectivity index (χ4n) is 3.62. The average molecular weight is 215 g/mol. The zero-order valence-corrected chi connectivity index (χ0v) is 10.2. The van der Waals surface area contributed by atoms with Gasteiger partial charge in [-0.1, -0.05) is 31.0 Å². The molecule has 86 valence electrons. The van der Waals surface area contributed by atoms with Crippen molar-refractivity contribution in [3.8, 4) is 0 Å². The molecule has 1 aliphatic heterocycles. The van der Waals surface area contributed by atoms with Crippen LogP contribution in [0, 0.1) is 5.92 Å². The molecule has 0 amide bonds. The Morgan fingerprint density at radius 1 is 1.06 bits per heavy atom. The molecule has 0 N–H and O–H groups in total. The summed E-state index contributed by atoms with van der Waals surface area (Å²) in [5.74, 6) is 0.936. The van der Waals surface area contributed by atoms with Gasteiger partial charge in [0.15, 0.2) is 0 Å². The van der Waals surface area contributed by atoms with Crippen molar-refractivity contribution < 1.29 is 0 Å². The van der Waals surface area contributed by atoms with Gasteiger partial charge >= 0.3 is 0 Å². The van der Waals surface area contributed by atoms with Gasteiger partial charge in [-0.15, -0.1) is 0 Å².